The highest BCUT2D eigenvalue weighted by atomic mass is 15.2. The topological polar surface area (TPSA) is 17.3 Å². The molecule has 1 aromatic carbocycles. The highest BCUT2D eigenvalue weighted by Gasteiger charge is 2.01. The van der Waals surface area contributed by atoms with E-state index in [1.165, 1.54) is 0 Å². The van der Waals surface area contributed by atoms with Crippen LogP contribution in [0.2, 0.25) is 0 Å². The molecule has 0 saturated heterocycles. The van der Waals surface area contributed by atoms with Crippen LogP contribution in [0.15, 0.2) is 60.8 Å². The molecule has 0 spiro atoms. The van der Waals surface area contributed by atoms with Crippen molar-refractivity contribution >= 4 is 5.52 Å². The zero-order valence-corrected chi connectivity index (χ0v) is 12.2. The van der Waals surface area contributed by atoms with Crippen LogP contribution in [-0.4, -0.2) is 9.61 Å². The third-order valence-electron chi connectivity index (χ3n) is 2.44. The number of fused-ring (bicyclic) bond motifs is 1. The minimum Gasteiger partial charge on any atom is -0.240 e. The predicted octanol–water partition coefficient (Wildman–Crippen LogP) is 5.05. The Labute approximate surface area is 115 Å². The Morgan fingerprint density at radius 2 is 1.42 bits per heavy atom. The molecule has 2 nitrogen and oxygen atoms in total. The Hall–Kier alpha value is -2.09. The van der Waals surface area contributed by atoms with E-state index in [0.717, 1.165) is 16.8 Å². The molecule has 100 valence electrons. The van der Waals surface area contributed by atoms with E-state index < -0.39 is 0 Å². The van der Waals surface area contributed by atoms with E-state index in [9.17, 15) is 0 Å². The van der Waals surface area contributed by atoms with Crippen LogP contribution in [0.5, 0.6) is 0 Å². The van der Waals surface area contributed by atoms with Crippen molar-refractivity contribution in [2.45, 2.75) is 27.7 Å². The molecular formula is C17H22N2. The van der Waals surface area contributed by atoms with Gasteiger partial charge in [0.1, 0.15) is 0 Å². The Kier molecular flexibility index (Phi) is 6.37. The van der Waals surface area contributed by atoms with Crippen molar-refractivity contribution in [2.75, 3.05) is 0 Å². The van der Waals surface area contributed by atoms with Gasteiger partial charge in [-0.2, -0.15) is 5.10 Å². The van der Waals surface area contributed by atoms with Crippen LogP contribution in [0.25, 0.3) is 16.8 Å². The summed E-state index contributed by atoms with van der Waals surface area (Å²) in [7, 11) is 0. The molecule has 2 heterocycles. The standard InChI is InChI=1S/C13H10N2.2C2H6/c1-2-6-11(7-3-1)13-10-12-8-4-5-9-15(12)14-13;2*1-2/h1-10H;2*1-2H3. The molecule has 0 amide bonds. The zero-order valence-electron chi connectivity index (χ0n) is 12.2. The Bertz CT molecular complexity index is 549. The van der Waals surface area contributed by atoms with Gasteiger partial charge in [-0.05, 0) is 18.2 Å². The van der Waals surface area contributed by atoms with Crippen molar-refractivity contribution in [3.8, 4) is 11.3 Å². The van der Waals surface area contributed by atoms with Gasteiger partial charge >= 0.3 is 0 Å². The molecule has 19 heavy (non-hydrogen) atoms. The first-order chi connectivity index (χ1) is 9.43. The van der Waals surface area contributed by atoms with E-state index in [-0.39, 0.29) is 0 Å². The fourth-order valence-corrected chi connectivity index (χ4v) is 1.69. The monoisotopic (exact) mass is 254 g/mol. The summed E-state index contributed by atoms with van der Waals surface area (Å²) in [4.78, 5) is 0. The zero-order chi connectivity index (χ0) is 14.1. The van der Waals surface area contributed by atoms with E-state index >= 15 is 0 Å². The van der Waals surface area contributed by atoms with Crippen LogP contribution in [0, 0.1) is 0 Å². The lowest BCUT2D eigenvalue weighted by atomic mass is 10.1. The van der Waals surface area contributed by atoms with Crippen LogP contribution in [0.1, 0.15) is 27.7 Å². The van der Waals surface area contributed by atoms with Crippen molar-refractivity contribution in [1.29, 1.82) is 0 Å². The molecule has 3 aromatic rings. The second-order valence-corrected chi connectivity index (χ2v) is 3.47. The third kappa shape index (κ3) is 3.68. The highest BCUT2D eigenvalue weighted by molar-refractivity contribution is 5.65. The summed E-state index contributed by atoms with van der Waals surface area (Å²) in [5.41, 5.74) is 3.29. The number of hydrogen-bond acceptors (Lipinski definition) is 1. The van der Waals surface area contributed by atoms with Gasteiger partial charge < -0.3 is 0 Å². The van der Waals surface area contributed by atoms with Gasteiger partial charge in [0.2, 0.25) is 0 Å². The predicted molar refractivity (Wildman–Crippen MR) is 83.3 cm³/mol. The summed E-state index contributed by atoms with van der Waals surface area (Å²) in [6, 6.07) is 18.4. The Morgan fingerprint density at radius 3 is 2.05 bits per heavy atom. The summed E-state index contributed by atoms with van der Waals surface area (Å²) in [6.07, 6.45) is 1.96. The Morgan fingerprint density at radius 1 is 0.789 bits per heavy atom. The van der Waals surface area contributed by atoms with Crippen LogP contribution in [0.3, 0.4) is 0 Å². The van der Waals surface area contributed by atoms with E-state index in [1.54, 1.807) is 0 Å². The van der Waals surface area contributed by atoms with Gasteiger partial charge in [0.15, 0.2) is 0 Å². The number of pyridine rings is 1. The van der Waals surface area contributed by atoms with Crippen LogP contribution < -0.4 is 0 Å². The van der Waals surface area contributed by atoms with Gasteiger partial charge in [-0.15, -0.1) is 0 Å². The van der Waals surface area contributed by atoms with Crippen molar-refractivity contribution < 1.29 is 0 Å². The van der Waals surface area contributed by atoms with Crippen LogP contribution in [-0.2, 0) is 0 Å². The first kappa shape index (κ1) is 15.0. The average molecular weight is 254 g/mol. The van der Waals surface area contributed by atoms with Crippen LogP contribution in [0.4, 0.5) is 0 Å². The molecule has 0 aliphatic rings. The summed E-state index contributed by atoms with van der Waals surface area (Å²) in [5.74, 6) is 0. The van der Waals surface area contributed by atoms with Gasteiger partial charge in [0, 0.05) is 11.8 Å². The molecular weight excluding hydrogens is 232 g/mol. The average Bonchev–Trinajstić information content (AvgIpc) is 2.96. The smallest absolute Gasteiger partial charge is 0.0933 e. The molecule has 0 bridgehead atoms. The summed E-state index contributed by atoms with van der Waals surface area (Å²) < 4.78 is 1.89. The minimum absolute atomic E-state index is 1.02. The Balaban J connectivity index is 0.000000415. The highest BCUT2D eigenvalue weighted by Crippen LogP contribution is 2.18. The fraction of sp³-hybridized carbons (Fsp3) is 0.235. The number of nitrogens with zero attached hydrogens (tertiary/aromatic N) is 2. The minimum atomic E-state index is 1.02. The van der Waals surface area contributed by atoms with E-state index in [1.807, 2.05) is 68.7 Å². The molecule has 0 aliphatic carbocycles. The molecule has 2 aromatic heterocycles. The quantitative estimate of drug-likeness (QED) is 0.593. The van der Waals surface area contributed by atoms with Gasteiger partial charge in [0.25, 0.3) is 0 Å². The second kappa shape index (κ2) is 8.09. The molecule has 3 rings (SSSR count). The van der Waals surface area contributed by atoms with Gasteiger partial charge in [0.05, 0.1) is 11.2 Å². The summed E-state index contributed by atoms with van der Waals surface area (Å²) in [5, 5.41) is 4.50. The SMILES string of the molecule is CC.CC.c1ccc(-c2cc3ccccn3n2)cc1. The van der Waals surface area contributed by atoms with Gasteiger partial charge in [-0.3, -0.25) is 0 Å². The van der Waals surface area contributed by atoms with Crippen molar-refractivity contribution in [3.05, 3.63) is 60.8 Å². The number of hydrogen-bond donors (Lipinski definition) is 0. The first-order valence-electron chi connectivity index (χ1n) is 6.93. The van der Waals surface area contributed by atoms with E-state index in [2.05, 4.69) is 29.4 Å². The van der Waals surface area contributed by atoms with E-state index in [0.29, 0.717) is 0 Å². The van der Waals surface area contributed by atoms with E-state index in [4.69, 9.17) is 0 Å². The molecule has 2 heteroatoms. The first-order valence-corrected chi connectivity index (χ1v) is 6.93. The maximum atomic E-state index is 4.50. The molecule has 0 aliphatic heterocycles. The molecule has 0 radical (unpaired) electrons. The fourth-order valence-electron chi connectivity index (χ4n) is 1.69. The van der Waals surface area contributed by atoms with Crippen molar-refractivity contribution in [3.63, 3.8) is 0 Å². The summed E-state index contributed by atoms with van der Waals surface area (Å²) >= 11 is 0. The summed E-state index contributed by atoms with van der Waals surface area (Å²) in [6.45, 7) is 8.00. The molecule has 0 N–H and O–H groups in total. The van der Waals surface area contributed by atoms with Crippen molar-refractivity contribution in [2.24, 2.45) is 0 Å². The van der Waals surface area contributed by atoms with Gasteiger partial charge in [-0.25, -0.2) is 4.52 Å². The number of benzene rings is 1. The maximum Gasteiger partial charge on any atom is 0.0933 e. The molecule has 0 atom stereocenters. The molecule has 0 fully saturated rings. The maximum absolute atomic E-state index is 4.50. The third-order valence-corrected chi connectivity index (χ3v) is 2.44. The second-order valence-electron chi connectivity index (χ2n) is 3.47. The molecule has 0 saturated carbocycles. The largest absolute Gasteiger partial charge is 0.240 e. The number of aromatic nitrogens is 2. The number of rotatable bonds is 1. The van der Waals surface area contributed by atoms with Crippen molar-refractivity contribution in [1.82, 2.24) is 9.61 Å². The lowest BCUT2D eigenvalue weighted by Crippen LogP contribution is -1.84. The molecule has 0 unspecified atom stereocenters. The lowest BCUT2D eigenvalue weighted by molar-refractivity contribution is 0.966. The van der Waals surface area contributed by atoms with Gasteiger partial charge in [-0.1, -0.05) is 64.1 Å². The normalized spacial score (nSPS) is 9.05. The van der Waals surface area contributed by atoms with Crippen LogP contribution >= 0.6 is 0 Å². The lowest BCUT2D eigenvalue weighted by Gasteiger charge is -1.92.